The zero-order chi connectivity index (χ0) is 24.4. The smallest absolute Gasteiger partial charge is 0.247 e. The monoisotopic (exact) mass is 474 g/mol. The summed E-state index contributed by atoms with van der Waals surface area (Å²) in [7, 11) is 1.65. The predicted octanol–water partition coefficient (Wildman–Crippen LogP) is 4.42. The van der Waals surface area contributed by atoms with E-state index in [1.54, 1.807) is 14.0 Å². The van der Waals surface area contributed by atoms with Crippen LogP contribution in [0.2, 0.25) is 0 Å². The van der Waals surface area contributed by atoms with Crippen LogP contribution in [0.25, 0.3) is 11.0 Å². The number of hydrogen-bond acceptors (Lipinski definition) is 4. The summed E-state index contributed by atoms with van der Waals surface area (Å²) in [4.78, 5) is 32.8. The molecule has 0 radical (unpaired) electrons. The molecule has 1 atom stereocenters. The van der Waals surface area contributed by atoms with E-state index in [-0.39, 0.29) is 23.8 Å². The summed E-state index contributed by atoms with van der Waals surface area (Å²) in [5, 5.41) is 3.34. The normalized spacial score (nSPS) is 18.1. The Kier molecular flexibility index (Phi) is 6.75. The SMILES string of the molecule is COc1ccc(C(C(=O)NC2CCCC2)n2c(C3CCN(C(C)=O)CC3)nc3ccccc32)cc1. The molecule has 2 aliphatic rings. The number of fused-ring (bicyclic) bond motifs is 1. The van der Waals surface area contributed by atoms with Crippen LogP contribution in [0.4, 0.5) is 0 Å². The van der Waals surface area contributed by atoms with Crippen molar-refractivity contribution in [2.24, 2.45) is 0 Å². The topological polar surface area (TPSA) is 76.5 Å². The summed E-state index contributed by atoms with van der Waals surface area (Å²) >= 11 is 0. The first-order chi connectivity index (χ1) is 17.0. The van der Waals surface area contributed by atoms with Crippen molar-refractivity contribution >= 4 is 22.8 Å². The first kappa shape index (κ1) is 23.4. The Bertz CT molecular complexity index is 1190. The molecular weight excluding hydrogens is 440 g/mol. The van der Waals surface area contributed by atoms with Crippen molar-refractivity contribution < 1.29 is 14.3 Å². The lowest BCUT2D eigenvalue weighted by Crippen LogP contribution is -2.40. The molecule has 1 aromatic heterocycles. The number of imidazole rings is 1. The maximum Gasteiger partial charge on any atom is 0.247 e. The number of likely N-dealkylation sites (tertiary alicyclic amines) is 1. The molecule has 2 amide bonds. The van der Waals surface area contributed by atoms with Gasteiger partial charge in [0.05, 0.1) is 18.1 Å². The molecule has 184 valence electrons. The quantitative estimate of drug-likeness (QED) is 0.574. The summed E-state index contributed by atoms with van der Waals surface area (Å²) in [6, 6.07) is 15.5. The maximum atomic E-state index is 13.9. The highest BCUT2D eigenvalue weighted by atomic mass is 16.5. The van der Waals surface area contributed by atoms with Gasteiger partial charge in [-0.2, -0.15) is 0 Å². The van der Waals surface area contributed by atoms with Gasteiger partial charge in [-0.15, -0.1) is 0 Å². The fourth-order valence-corrected chi connectivity index (χ4v) is 5.63. The number of para-hydroxylation sites is 2. The molecule has 7 heteroatoms. The number of hydrogen-bond donors (Lipinski definition) is 1. The highest BCUT2D eigenvalue weighted by Crippen LogP contribution is 2.35. The summed E-state index contributed by atoms with van der Waals surface area (Å²) in [6.07, 6.45) is 6.05. The predicted molar refractivity (Wildman–Crippen MR) is 135 cm³/mol. The molecule has 5 rings (SSSR count). The standard InChI is InChI=1S/C28H34N4O3/c1-19(33)31-17-15-21(16-18-31)27-30-24-9-5-6-10-25(24)32(27)26(20-11-13-23(35-2)14-12-20)28(34)29-22-7-3-4-8-22/h5-6,9-14,21-22,26H,3-4,7-8,15-18H2,1-2H3,(H,29,34). The van der Waals surface area contributed by atoms with Crippen molar-refractivity contribution in [3.8, 4) is 5.75 Å². The van der Waals surface area contributed by atoms with Gasteiger partial charge in [-0.05, 0) is 55.5 Å². The molecule has 1 aliphatic heterocycles. The molecule has 2 fully saturated rings. The number of piperidine rings is 1. The summed E-state index contributed by atoms with van der Waals surface area (Å²) < 4.78 is 7.52. The van der Waals surface area contributed by atoms with Crippen LogP contribution in [0.15, 0.2) is 48.5 Å². The number of rotatable bonds is 6. The van der Waals surface area contributed by atoms with Crippen molar-refractivity contribution in [3.05, 3.63) is 59.9 Å². The van der Waals surface area contributed by atoms with Crippen molar-refractivity contribution in [2.75, 3.05) is 20.2 Å². The van der Waals surface area contributed by atoms with Gasteiger partial charge in [0.25, 0.3) is 0 Å². The second kappa shape index (κ2) is 10.1. The van der Waals surface area contributed by atoms with Crippen LogP contribution in [-0.4, -0.2) is 52.5 Å². The van der Waals surface area contributed by atoms with Gasteiger partial charge in [-0.1, -0.05) is 37.1 Å². The number of carbonyl (C=O) groups is 2. The van der Waals surface area contributed by atoms with Gasteiger partial charge in [0.1, 0.15) is 17.6 Å². The van der Waals surface area contributed by atoms with E-state index in [9.17, 15) is 9.59 Å². The minimum Gasteiger partial charge on any atom is -0.497 e. The van der Waals surface area contributed by atoms with E-state index in [2.05, 4.69) is 16.0 Å². The third-order valence-corrected chi connectivity index (χ3v) is 7.57. The fourth-order valence-electron chi connectivity index (χ4n) is 5.63. The third-order valence-electron chi connectivity index (χ3n) is 7.57. The lowest BCUT2D eigenvalue weighted by molar-refractivity contribution is -0.129. The molecule has 1 unspecified atom stereocenters. The first-order valence-electron chi connectivity index (χ1n) is 12.7. The number of nitrogens with one attached hydrogen (secondary N) is 1. The third kappa shape index (κ3) is 4.77. The number of benzene rings is 2. The van der Waals surface area contributed by atoms with Gasteiger partial charge < -0.3 is 19.5 Å². The lowest BCUT2D eigenvalue weighted by atomic mass is 9.94. The summed E-state index contributed by atoms with van der Waals surface area (Å²) in [6.45, 7) is 3.05. The molecular formula is C28H34N4O3. The van der Waals surface area contributed by atoms with E-state index in [1.165, 1.54) is 0 Å². The molecule has 0 spiro atoms. The average Bonchev–Trinajstić information content (AvgIpc) is 3.53. The maximum absolute atomic E-state index is 13.9. The van der Waals surface area contributed by atoms with Crippen LogP contribution in [0, 0.1) is 0 Å². The average molecular weight is 475 g/mol. The molecule has 3 aromatic rings. The summed E-state index contributed by atoms with van der Waals surface area (Å²) in [5.41, 5.74) is 2.76. The van der Waals surface area contributed by atoms with E-state index >= 15 is 0 Å². The van der Waals surface area contributed by atoms with Crippen molar-refractivity contribution in [3.63, 3.8) is 0 Å². The van der Waals surface area contributed by atoms with Gasteiger partial charge in [0, 0.05) is 32.0 Å². The Morgan fingerprint density at radius 1 is 1.00 bits per heavy atom. The molecule has 1 aliphatic carbocycles. The van der Waals surface area contributed by atoms with Gasteiger partial charge in [0.15, 0.2) is 0 Å². The zero-order valence-electron chi connectivity index (χ0n) is 20.6. The molecule has 2 aromatic carbocycles. The molecule has 0 bridgehead atoms. The van der Waals surface area contributed by atoms with Crippen LogP contribution in [0.3, 0.4) is 0 Å². The minimum absolute atomic E-state index is 0.00708. The highest BCUT2D eigenvalue weighted by molar-refractivity contribution is 5.87. The number of methoxy groups -OCH3 is 1. The van der Waals surface area contributed by atoms with Crippen molar-refractivity contribution in [1.29, 1.82) is 0 Å². The summed E-state index contributed by atoms with van der Waals surface area (Å²) in [5.74, 6) is 1.99. The Morgan fingerprint density at radius 3 is 2.34 bits per heavy atom. The van der Waals surface area contributed by atoms with E-state index in [4.69, 9.17) is 9.72 Å². The Balaban J connectivity index is 1.58. The Labute approximate surface area is 206 Å². The van der Waals surface area contributed by atoms with E-state index in [0.29, 0.717) is 13.1 Å². The van der Waals surface area contributed by atoms with Crippen LogP contribution < -0.4 is 10.1 Å². The second-order valence-corrected chi connectivity index (χ2v) is 9.77. The number of carbonyl (C=O) groups excluding carboxylic acids is 2. The highest BCUT2D eigenvalue weighted by Gasteiger charge is 2.33. The molecule has 2 heterocycles. The van der Waals surface area contributed by atoms with E-state index in [0.717, 1.165) is 66.7 Å². The van der Waals surface area contributed by atoms with Gasteiger partial charge in [0.2, 0.25) is 11.8 Å². The Morgan fingerprint density at radius 2 is 1.69 bits per heavy atom. The number of nitrogens with zero attached hydrogens (tertiary/aromatic N) is 3. The molecule has 1 N–H and O–H groups in total. The second-order valence-electron chi connectivity index (χ2n) is 9.77. The molecule has 35 heavy (non-hydrogen) atoms. The van der Waals surface area contributed by atoms with Gasteiger partial charge >= 0.3 is 0 Å². The molecule has 1 saturated carbocycles. The number of ether oxygens (including phenoxy) is 1. The minimum atomic E-state index is -0.533. The van der Waals surface area contributed by atoms with Crippen molar-refractivity contribution in [1.82, 2.24) is 19.8 Å². The lowest BCUT2D eigenvalue weighted by Gasteiger charge is -2.32. The van der Waals surface area contributed by atoms with E-state index in [1.807, 2.05) is 47.4 Å². The van der Waals surface area contributed by atoms with Crippen LogP contribution >= 0.6 is 0 Å². The molecule has 7 nitrogen and oxygen atoms in total. The van der Waals surface area contributed by atoms with Gasteiger partial charge in [-0.25, -0.2) is 4.98 Å². The van der Waals surface area contributed by atoms with Crippen molar-refractivity contribution in [2.45, 2.75) is 63.5 Å². The largest absolute Gasteiger partial charge is 0.497 e. The molecule has 1 saturated heterocycles. The van der Waals surface area contributed by atoms with Crippen LogP contribution in [-0.2, 0) is 9.59 Å². The fraction of sp³-hybridized carbons (Fsp3) is 0.464. The van der Waals surface area contributed by atoms with Crippen LogP contribution in [0.5, 0.6) is 5.75 Å². The number of amides is 2. The van der Waals surface area contributed by atoms with Crippen LogP contribution in [0.1, 0.15) is 68.8 Å². The first-order valence-corrected chi connectivity index (χ1v) is 12.7. The Hall–Kier alpha value is -3.35. The van der Waals surface area contributed by atoms with E-state index < -0.39 is 6.04 Å². The van der Waals surface area contributed by atoms with Gasteiger partial charge in [-0.3, -0.25) is 9.59 Å². The zero-order valence-corrected chi connectivity index (χ0v) is 20.6. The number of aromatic nitrogens is 2.